The fourth-order valence-electron chi connectivity index (χ4n) is 3.06. The number of carboxylic acids is 1. The Bertz CT molecular complexity index is 902. The summed E-state index contributed by atoms with van der Waals surface area (Å²) in [7, 11) is 0. The zero-order valence-corrected chi connectivity index (χ0v) is 16.1. The first kappa shape index (κ1) is 19.7. The number of aryl methyl sites for hydroxylation is 2. The van der Waals surface area contributed by atoms with Crippen molar-refractivity contribution in [2.24, 2.45) is 0 Å². The molecule has 3 aromatic rings. The number of aliphatic carboxylic acids is 1. The highest BCUT2D eigenvalue weighted by atomic mass is 16.5. The average molecular weight is 379 g/mol. The van der Waals surface area contributed by atoms with Crippen LogP contribution in [0.2, 0.25) is 0 Å². The molecular formula is C23H25NO4. The molecule has 1 aromatic heterocycles. The molecule has 28 heavy (non-hydrogen) atoms. The van der Waals surface area contributed by atoms with Crippen molar-refractivity contribution in [3.8, 4) is 17.2 Å². The topological polar surface area (TPSA) is 72.6 Å². The van der Waals surface area contributed by atoms with Gasteiger partial charge in [-0.25, -0.2) is 4.98 Å². The maximum Gasteiger partial charge on any atom is 0.303 e. The van der Waals surface area contributed by atoms with Gasteiger partial charge in [0.15, 0.2) is 0 Å². The molecule has 0 aliphatic carbocycles. The van der Waals surface area contributed by atoms with Crippen molar-refractivity contribution >= 4 is 5.97 Å². The van der Waals surface area contributed by atoms with Crippen molar-refractivity contribution in [2.75, 3.05) is 6.61 Å². The smallest absolute Gasteiger partial charge is 0.303 e. The molecular weight excluding hydrogens is 354 g/mol. The first-order chi connectivity index (χ1) is 13.6. The number of benzene rings is 2. The van der Waals surface area contributed by atoms with Gasteiger partial charge in [0.2, 0.25) is 5.89 Å². The van der Waals surface area contributed by atoms with Crippen LogP contribution in [0.3, 0.4) is 0 Å². The monoisotopic (exact) mass is 379 g/mol. The van der Waals surface area contributed by atoms with E-state index in [1.165, 1.54) is 0 Å². The minimum absolute atomic E-state index is 0.207. The van der Waals surface area contributed by atoms with Crippen molar-refractivity contribution in [3.05, 3.63) is 71.6 Å². The summed E-state index contributed by atoms with van der Waals surface area (Å²) in [5.41, 5.74) is 2.97. The Morgan fingerprint density at radius 2 is 1.79 bits per heavy atom. The molecule has 0 saturated heterocycles. The molecule has 0 aliphatic heterocycles. The van der Waals surface area contributed by atoms with E-state index < -0.39 is 5.97 Å². The zero-order chi connectivity index (χ0) is 19.8. The molecule has 0 fully saturated rings. The van der Waals surface area contributed by atoms with Crippen molar-refractivity contribution in [2.45, 2.75) is 39.0 Å². The largest absolute Gasteiger partial charge is 0.493 e. The third-order valence-electron chi connectivity index (χ3n) is 4.57. The quantitative estimate of drug-likeness (QED) is 0.498. The Labute approximate surface area is 165 Å². The van der Waals surface area contributed by atoms with Crippen molar-refractivity contribution in [1.82, 2.24) is 4.98 Å². The van der Waals surface area contributed by atoms with Gasteiger partial charge in [0.1, 0.15) is 11.5 Å². The maximum atomic E-state index is 10.6. The van der Waals surface area contributed by atoms with Crippen LogP contribution in [0.1, 0.15) is 36.3 Å². The molecule has 2 aromatic carbocycles. The van der Waals surface area contributed by atoms with Gasteiger partial charge in [-0.2, -0.15) is 0 Å². The average Bonchev–Trinajstić information content (AvgIpc) is 3.07. The molecule has 0 radical (unpaired) electrons. The second-order valence-electron chi connectivity index (χ2n) is 6.69. The van der Waals surface area contributed by atoms with Gasteiger partial charge in [-0.15, -0.1) is 0 Å². The van der Waals surface area contributed by atoms with E-state index in [0.717, 1.165) is 41.2 Å². The number of aromatic nitrogens is 1. The van der Waals surface area contributed by atoms with E-state index in [1.54, 1.807) is 0 Å². The maximum absolute atomic E-state index is 10.6. The third-order valence-corrected chi connectivity index (χ3v) is 4.57. The summed E-state index contributed by atoms with van der Waals surface area (Å²) in [5.74, 6) is 1.54. The number of hydrogen-bond acceptors (Lipinski definition) is 4. The number of oxazole rings is 1. The van der Waals surface area contributed by atoms with Crippen molar-refractivity contribution in [1.29, 1.82) is 0 Å². The van der Waals surface area contributed by atoms with E-state index in [9.17, 15) is 4.79 Å². The van der Waals surface area contributed by atoms with Crippen LogP contribution in [-0.4, -0.2) is 22.7 Å². The van der Waals surface area contributed by atoms with Crippen molar-refractivity contribution < 1.29 is 19.1 Å². The lowest BCUT2D eigenvalue weighted by molar-refractivity contribution is -0.137. The predicted molar refractivity (Wildman–Crippen MR) is 108 cm³/mol. The number of carbonyl (C=O) groups is 1. The highest BCUT2D eigenvalue weighted by Gasteiger charge is 2.12. The molecule has 0 bridgehead atoms. The number of unbranched alkanes of at least 4 members (excludes halogenated alkanes) is 1. The second kappa shape index (κ2) is 9.74. The van der Waals surface area contributed by atoms with Crippen LogP contribution < -0.4 is 4.74 Å². The SMILES string of the molecule is Cc1oc(-c2ccccc2)nc1CCOc1ccccc1CCCCC(=O)O. The van der Waals surface area contributed by atoms with Crippen LogP contribution >= 0.6 is 0 Å². The molecule has 1 N–H and O–H groups in total. The van der Waals surface area contributed by atoms with Gasteiger partial charge in [0.05, 0.1) is 12.3 Å². The number of ether oxygens (including phenoxy) is 1. The van der Waals surface area contributed by atoms with E-state index in [1.807, 2.05) is 61.5 Å². The van der Waals surface area contributed by atoms with Gasteiger partial charge < -0.3 is 14.3 Å². The van der Waals surface area contributed by atoms with Gasteiger partial charge in [0.25, 0.3) is 0 Å². The predicted octanol–water partition coefficient (Wildman–Crippen LogP) is 5.07. The van der Waals surface area contributed by atoms with Gasteiger partial charge in [-0.1, -0.05) is 36.4 Å². The van der Waals surface area contributed by atoms with Crippen molar-refractivity contribution in [3.63, 3.8) is 0 Å². The number of hydrogen-bond donors (Lipinski definition) is 1. The van der Waals surface area contributed by atoms with Crippen LogP contribution in [0.4, 0.5) is 0 Å². The van der Waals surface area contributed by atoms with Gasteiger partial charge in [0, 0.05) is 18.4 Å². The summed E-state index contributed by atoms with van der Waals surface area (Å²) in [4.78, 5) is 15.2. The van der Waals surface area contributed by atoms with Gasteiger partial charge >= 0.3 is 5.97 Å². The molecule has 0 atom stereocenters. The van der Waals surface area contributed by atoms with Gasteiger partial charge in [-0.3, -0.25) is 4.79 Å². The summed E-state index contributed by atoms with van der Waals surface area (Å²) in [6, 6.07) is 17.8. The summed E-state index contributed by atoms with van der Waals surface area (Å²) in [6.07, 6.45) is 3.18. The molecule has 0 spiro atoms. The number of rotatable bonds is 10. The molecule has 5 nitrogen and oxygen atoms in total. The highest BCUT2D eigenvalue weighted by molar-refractivity contribution is 5.66. The van der Waals surface area contributed by atoms with Gasteiger partial charge in [-0.05, 0) is 49.9 Å². The number of carboxylic acid groups (broad SMARTS) is 1. The highest BCUT2D eigenvalue weighted by Crippen LogP contribution is 2.23. The first-order valence-electron chi connectivity index (χ1n) is 9.57. The fourth-order valence-corrected chi connectivity index (χ4v) is 3.06. The normalized spacial score (nSPS) is 10.8. The van der Waals surface area contributed by atoms with E-state index >= 15 is 0 Å². The van der Waals surface area contributed by atoms with Crippen LogP contribution in [0, 0.1) is 6.92 Å². The molecule has 3 rings (SSSR count). The standard InChI is InChI=1S/C23H25NO4/c1-17-20(24-23(28-17)19-11-3-2-4-12-19)15-16-27-21-13-7-5-9-18(21)10-6-8-14-22(25)26/h2-5,7,9,11-13H,6,8,10,14-16H2,1H3,(H,25,26). The Morgan fingerprint density at radius 1 is 1.04 bits per heavy atom. The van der Waals surface area contributed by atoms with E-state index in [2.05, 4.69) is 4.98 Å². The Morgan fingerprint density at radius 3 is 2.57 bits per heavy atom. The Kier molecular flexibility index (Phi) is 6.84. The Balaban J connectivity index is 1.55. The minimum atomic E-state index is -0.748. The lowest BCUT2D eigenvalue weighted by Gasteiger charge is -2.11. The number of para-hydroxylation sites is 1. The molecule has 146 valence electrons. The minimum Gasteiger partial charge on any atom is -0.493 e. The van der Waals surface area contributed by atoms with Crippen LogP contribution in [-0.2, 0) is 17.6 Å². The second-order valence-corrected chi connectivity index (χ2v) is 6.69. The fraction of sp³-hybridized carbons (Fsp3) is 0.304. The molecule has 1 heterocycles. The molecule has 5 heteroatoms. The molecule has 0 unspecified atom stereocenters. The zero-order valence-electron chi connectivity index (χ0n) is 16.1. The molecule has 0 saturated carbocycles. The van der Waals surface area contributed by atoms with E-state index in [4.69, 9.17) is 14.3 Å². The summed E-state index contributed by atoms with van der Waals surface area (Å²) in [5, 5.41) is 8.75. The summed E-state index contributed by atoms with van der Waals surface area (Å²) >= 11 is 0. The van der Waals surface area contributed by atoms with Crippen LogP contribution in [0.5, 0.6) is 5.75 Å². The third kappa shape index (κ3) is 5.46. The molecule has 0 amide bonds. The van der Waals surface area contributed by atoms with E-state index in [-0.39, 0.29) is 6.42 Å². The number of nitrogens with zero attached hydrogens (tertiary/aromatic N) is 1. The lowest BCUT2D eigenvalue weighted by Crippen LogP contribution is -2.05. The van der Waals surface area contributed by atoms with Crippen LogP contribution in [0.15, 0.2) is 59.0 Å². The molecule has 0 aliphatic rings. The summed E-state index contributed by atoms with van der Waals surface area (Å²) < 4.78 is 11.8. The van der Waals surface area contributed by atoms with E-state index in [0.29, 0.717) is 25.3 Å². The Hall–Kier alpha value is -3.08. The first-order valence-corrected chi connectivity index (χ1v) is 9.57. The van der Waals surface area contributed by atoms with Crippen LogP contribution in [0.25, 0.3) is 11.5 Å². The lowest BCUT2D eigenvalue weighted by atomic mass is 10.1. The summed E-state index contributed by atoms with van der Waals surface area (Å²) in [6.45, 7) is 2.43.